The van der Waals surface area contributed by atoms with Gasteiger partial charge in [-0.3, -0.25) is 14.4 Å². The Hall–Kier alpha value is -2.42. The van der Waals surface area contributed by atoms with E-state index < -0.39 is 27.7 Å². The Morgan fingerprint density at radius 1 is 1.25 bits per heavy atom. The van der Waals surface area contributed by atoms with Gasteiger partial charge in [0.2, 0.25) is 11.8 Å². The molecule has 1 fully saturated rings. The summed E-state index contributed by atoms with van der Waals surface area (Å²) >= 11 is 0. The first-order valence-electron chi connectivity index (χ1n) is 7.41. The van der Waals surface area contributed by atoms with Gasteiger partial charge < -0.3 is 16.0 Å². The summed E-state index contributed by atoms with van der Waals surface area (Å²) < 4.78 is 22.7. The minimum atomic E-state index is -3.07. The van der Waals surface area contributed by atoms with Crippen LogP contribution in [0.2, 0.25) is 0 Å². The lowest BCUT2D eigenvalue weighted by molar-refractivity contribution is -0.120. The number of rotatable bonds is 5. The molecule has 0 saturated carbocycles. The van der Waals surface area contributed by atoms with Crippen molar-refractivity contribution in [3.8, 4) is 0 Å². The normalized spacial score (nSPS) is 18.6. The number of amides is 3. The molecule has 9 heteroatoms. The molecule has 1 atom stereocenters. The van der Waals surface area contributed by atoms with Gasteiger partial charge in [-0.15, -0.1) is 0 Å². The topological polar surface area (TPSA) is 121 Å². The summed E-state index contributed by atoms with van der Waals surface area (Å²) in [6.45, 7) is 1.11. The molecule has 0 unspecified atom stereocenters. The van der Waals surface area contributed by atoms with Gasteiger partial charge in [0, 0.05) is 24.2 Å². The van der Waals surface area contributed by atoms with Crippen molar-refractivity contribution in [2.75, 3.05) is 23.4 Å². The van der Waals surface area contributed by atoms with Crippen molar-refractivity contribution in [2.24, 2.45) is 0 Å². The van der Waals surface area contributed by atoms with Crippen molar-refractivity contribution in [3.63, 3.8) is 0 Å². The van der Waals surface area contributed by atoms with E-state index in [1.807, 2.05) is 0 Å². The third-order valence-electron chi connectivity index (χ3n) is 3.45. The highest BCUT2D eigenvalue weighted by molar-refractivity contribution is 7.91. The van der Waals surface area contributed by atoms with Gasteiger partial charge in [0.25, 0.3) is 5.91 Å². The van der Waals surface area contributed by atoms with Gasteiger partial charge in [0.15, 0.2) is 9.84 Å². The molecule has 130 valence electrons. The molecule has 1 saturated heterocycles. The van der Waals surface area contributed by atoms with Crippen molar-refractivity contribution >= 4 is 33.2 Å². The summed E-state index contributed by atoms with van der Waals surface area (Å²) in [5.74, 6) is -1.15. The Morgan fingerprint density at radius 2 is 2.00 bits per heavy atom. The number of carbonyl (C=O) groups is 3. The first-order valence-corrected chi connectivity index (χ1v) is 9.23. The van der Waals surface area contributed by atoms with Crippen LogP contribution in [0.1, 0.15) is 23.7 Å². The van der Waals surface area contributed by atoms with Crippen LogP contribution in [0.15, 0.2) is 24.3 Å². The van der Waals surface area contributed by atoms with E-state index in [1.165, 1.54) is 13.0 Å². The van der Waals surface area contributed by atoms with Crippen molar-refractivity contribution in [3.05, 3.63) is 29.8 Å². The summed E-state index contributed by atoms with van der Waals surface area (Å²) in [7, 11) is -3.07. The minimum absolute atomic E-state index is 0.0640. The smallest absolute Gasteiger partial charge is 0.251 e. The van der Waals surface area contributed by atoms with Crippen molar-refractivity contribution in [1.29, 1.82) is 0 Å². The number of nitrogens with one attached hydrogen (secondary N) is 3. The summed E-state index contributed by atoms with van der Waals surface area (Å²) in [6.07, 6.45) is 0.390. The predicted molar refractivity (Wildman–Crippen MR) is 88.3 cm³/mol. The molecule has 0 radical (unpaired) electrons. The number of hydrogen-bond acceptors (Lipinski definition) is 5. The second-order valence-corrected chi connectivity index (χ2v) is 7.84. The molecule has 2 rings (SSSR count). The fourth-order valence-electron chi connectivity index (χ4n) is 2.39. The van der Waals surface area contributed by atoms with Crippen LogP contribution < -0.4 is 16.0 Å². The molecule has 1 aliphatic heterocycles. The van der Waals surface area contributed by atoms with Crippen molar-refractivity contribution in [1.82, 2.24) is 10.6 Å². The molecule has 0 spiro atoms. The van der Waals surface area contributed by atoms with E-state index in [0.717, 1.165) is 0 Å². The van der Waals surface area contributed by atoms with Gasteiger partial charge >= 0.3 is 0 Å². The summed E-state index contributed by atoms with van der Waals surface area (Å²) in [5.41, 5.74) is 0.785. The van der Waals surface area contributed by atoms with Crippen LogP contribution in [0.25, 0.3) is 0 Å². The molecule has 1 heterocycles. The van der Waals surface area contributed by atoms with Gasteiger partial charge in [-0.05, 0) is 24.6 Å². The van der Waals surface area contributed by atoms with Gasteiger partial charge in [-0.2, -0.15) is 0 Å². The second-order valence-electron chi connectivity index (χ2n) is 5.61. The zero-order chi connectivity index (χ0) is 17.7. The van der Waals surface area contributed by atoms with E-state index in [-0.39, 0.29) is 24.0 Å². The Balaban J connectivity index is 1.84. The number of hydrogen-bond donors (Lipinski definition) is 3. The molecule has 0 aromatic heterocycles. The molecule has 1 aliphatic rings. The summed E-state index contributed by atoms with van der Waals surface area (Å²) in [4.78, 5) is 34.8. The number of anilines is 1. The zero-order valence-electron chi connectivity index (χ0n) is 13.2. The molecule has 1 aromatic rings. The molecule has 1 aromatic carbocycles. The van der Waals surface area contributed by atoms with Gasteiger partial charge in [-0.1, -0.05) is 6.07 Å². The molecule has 24 heavy (non-hydrogen) atoms. The van der Waals surface area contributed by atoms with E-state index in [2.05, 4.69) is 16.0 Å². The van der Waals surface area contributed by atoms with E-state index in [4.69, 9.17) is 0 Å². The Labute approximate surface area is 139 Å². The predicted octanol–water partition coefficient (Wildman–Crippen LogP) is -0.322. The molecule has 0 aliphatic carbocycles. The van der Waals surface area contributed by atoms with E-state index in [0.29, 0.717) is 17.7 Å². The van der Waals surface area contributed by atoms with Crippen molar-refractivity contribution in [2.45, 2.75) is 19.4 Å². The van der Waals surface area contributed by atoms with Crippen molar-refractivity contribution < 1.29 is 22.8 Å². The van der Waals surface area contributed by atoms with Crippen LogP contribution in [0, 0.1) is 0 Å². The molecule has 3 N–H and O–H groups in total. The third kappa shape index (κ3) is 5.34. The highest BCUT2D eigenvalue weighted by Crippen LogP contribution is 2.11. The maximum atomic E-state index is 12.0. The molecular formula is C15H19N3O5S. The van der Waals surface area contributed by atoms with Crippen LogP contribution >= 0.6 is 0 Å². The Bertz CT molecular complexity index is 760. The minimum Gasteiger partial charge on any atom is -0.351 e. The van der Waals surface area contributed by atoms with Crippen LogP contribution in [-0.4, -0.2) is 50.2 Å². The molecular weight excluding hydrogens is 334 g/mol. The van der Waals surface area contributed by atoms with Gasteiger partial charge in [-0.25, -0.2) is 8.42 Å². The maximum absolute atomic E-state index is 12.0. The quantitative estimate of drug-likeness (QED) is 0.670. The summed E-state index contributed by atoms with van der Waals surface area (Å²) in [6, 6.07) is 5.91. The molecule has 3 amide bonds. The first-order chi connectivity index (χ1) is 11.2. The average molecular weight is 353 g/mol. The monoisotopic (exact) mass is 353 g/mol. The van der Waals surface area contributed by atoms with Crippen LogP contribution in [0.4, 0.5) is 5.69 Å². The van der Waals surface area contributed by atoms with E-state index >= 15 is 0 Å². The lowest BCUT2D eigenvalue weighted by atomic mass is 10.2. The standard InChI is InChI=1S/C15H19N3O5S/c1-10(19)17-12-4-2-3-11(7-12)15(21)16-8-14(20)18-13-5-6-24(22,23)9-13/h2-4,7,13H,5-6,8-9H2,1H3,(H,16,21)(H,17,19)(H,18,20)/t13-/m1/s1. The number of benzene rings is 1. The number of carbonyl (C=O) groups excluding carboxylic acids is 3. The Morgan fingerprint density at radius 3 is 2.62 bits per heavy atom. The fourth-order valence-corrected chi connectivity index (χ4v) is 4.06. The lowest BCUT2D eigenvalue weighted by Crippen LogP contribution is -2.42. The second kappa shape index (κ2) is 7.43. The van der Waals surface area contributed by atoms with Crippen LogP contribution in [-0.2, 0) is 19.4 Å². The van der Waals surface area contributed by atoms with Gasteiger partial charge in [0.1, 0.15) is 0 Å². The number of sulfone groups is 1. The SMILES string of the molecule is CC(=O)Nc1cccc(C(=O)NCC(=O)N[C@@H]2CCS(=O)(=O)C2)c1. The first kappa shape index (κ1) is 17.9. The molecule has 0 bridgehead atoms. The van der Waals surface area contributed by atoms with E-state index in [1.54, 1.807) is 18.2 Å². The van der Waals surface area contributed by atoms with Gasteiger partial charge in [0.05, 0.1) is 18.1 Å². The highest BCUT2D eigenvalue weighted by atomic mass is 32.2. The van der Waals surface area contributed by atoms with Crippen LogP contribution in [0.5, 0.6) is 0 Å². The maximum Gasteiger partial charge on any atom is 0.251 e. The lowest BCUT2D eigenvalue weighted by Gasteiger charge is -2.11. The molecule has 8 nitrogen and oxygen atoms in total. The highest BCUT2D eigenvalue weighted by Gasteiger charge is 2.28. The van der Waals surface area contributed by atoms with Crippen LogP contribution in [0.3, 0.4) is 0 Å². The summed E-state index contributed by atoms with van der Waals surface area (Å²) in [5, 5.41) is 7.62. The zero-order valence-corrected chi connectivity index (χ0v) is 14.0. The van der Waals surface area contributed by atoms with E-state index in [9.17, 15) is 22.8 Å². The Kier molecular flexibility index (Phi) is 5.55. The fraction of sp³-hybridized carbons (Fsp3) is 0.400. The third-order valence-corrected chi connectivity index (χ3v) is 5.22. The largest absolute Gasteiger partial charge is 0.351 e. The average Bonchev–Trinajstić information content (AvgIpc) is 2.83.